The van der Waals surface area contributed by atoms with Gasteiger partial charge in [-0.1, -0.05) is 54.6 Å². The van der Waals surface area contributed by atoms with Crippen LogP contribution in [-0.2, 0) is 5.41 Å². The third-order valence-corrected chi connectivity index (χ3v) is 6.29. The van der Waals surface area contributed by atoms with Gasteiger partial charge in [-0.3, -0.25) is 9.97 Å². The largest absolute Gasteiger partial charge is 0.457 e. The van der Waals surface area contributed by atoms with Gasteiger partial charge in [-0.05, 0) is 36.4 Å². The number of nitrogen functional groups attached to an aromatic ring is 2. The molecule has 0 saturated heterocycles. The number of anilines is 2. The van der Waals surface area contributed by atoms with Gasteiger partial charge in [0.2, 0.25) is 0 Å². The number of pyridine rings is 2. The monoisotopic (exact) mass is 442 g/mol. The Morgan fingerprint density at radius 2 is 1.26 bits per heavy atom. The summed E-state index contributed by atoms with van der Waals surface area (Å²) in [6, 6.07) is 33.7. The number of nitrogens with two attached hydrogens (primary N) is 2. The second-order valence-corrected chi connectivity index (χ2v) is 8.35. The van der Waals surface area contributed by atoms with Crippen LogP contribution in [0.2, 0.25) is 0 Å². The smallest absolute Gasteiger partial charge is 0.134 e. The summed E-state index contributed by atoms with van der Waals surface area (Å²) in [4.78, 5) is 10.0. The van der Waals surface area contributed by atoms with E-state index in [1.54, 1.807) is 0 Å². The Kier molecular flexibility index (Phi) is 4.56. The van der Waals surface area contributed by atoms with Crippen LogP contribution in [-0.4, -0.2) is 9.97 Å². The molecular weight excluding hydrogens is 420 g/mol. The number of ether oxygens (including phenoxy) is 1. The number of hydrogen-bond acceptors (Lipinski definition) is 5. The minimum atomic E-state index is -0.823. The molecule has 0 bridgehead atoms. The lowest BCUT2D eigenvalue weighted by atomic mass is 9.67. The van der Waals surface area contributed by atoms with Crippen molar-refractivity contribution in [3.8, 4) is 22.8 Å². The van der Waals surface area contributed by atoms with Gasteiger partial charge in [0.1, 0.15) is 16.9 Å². The van der Waals surface area contributed by atoms with E-state index in [0.717, 1.165) is 33.8 Å². The van der Waals surface area contributed by atoms with E-state index in [0.29, 0.717) is 22.9 Å². The minimum Gasteiger partial charge on any atom is -0.457 e. The first-order valence-corrected chi connectivity index (χ1v) is 11.1. The standard InChI is InChI=1S/C29H22N4O/c30-20-12-14-22-25(17-20)34-26-18-21(31)13-15-23(26)29(22,27-10-4-5-16-32-27)28-11-6-9-24(33-28)19-7-2-1-3-8-19/h1-18H,30-31H2. The van der Waals surface area contributed by atoms with Crippen molar-refractivity contribution in [2.24, 2.45) is 0 Å². The van der Waals surface area contributed by atoms with Crippen LogP contribution in [0.5, 0.6) is 11.5 Å². The first-order valence-electron chi connectivity index (χ1n) is 11.1. The van der Waals surface area contributed by atoms with Gasteiger partial charge in [0.15, 0.2) is 0 Å². The molecule has 1 aliphatic rings. The number of benzene rings is 3. The van der Waals surface area contributed by atoms with Gasteiger partial charge >= 0.3 is 0 Å². The predicted molar refractivity (Wildman–Crippen MR) is 135 cm³/mol. The zero-order valence-corrected chi connectivity index (χ0v) is 18.3. The average molecular weight is 443 g/mol. The van der Waals surface area contributed by atoms with E-state index in [4.69, 9.17) is 26.2 Å². The quantitative estimate of drug-likeness (QED) is 0.338. The van der Waals surface area contributed by atoms with Gasteiger partial charge in [0.05, 0.1) is 17.1 Å². The van der Waals surface area contributed by atoms with Crippen molar-refractivity contribution in [2.45, 2.75) is 5.41 Å². The SMILES string of the molecule is Nc1ccc2c(c1)Oc1cc(N)ccc1C2(c1ccccn1)c1cccc(-c2ccccc2)n1. The van der Waals surface area contributed by atoms with Crippen molar-refractivity contribution in [3.05, 3.63) is 132 Å². The Bertz CT molecular complexity index is 1450. The molecule has 3 heterocycles. The molecule has 0 radical (unpaired) electrons. The fourth-order valence-corrected chi connectivity index (χ4v) is 4.81. The summed E-state index contributed by atoms with van der Waals surface area (Å²) in [6.07, 6.45) is 1.81. The van der Waals surface area contributed by atoms with Crippen LogP contribution in [0.15, 0.2) is 109 Å². The molecule has 0 saturated carbocycles. The molecule has 3 aromatic carbocycles. The molecule has 0 aliphatic carbocycles. The van der Waals surface area contributed by atoms with Crippen LogP contribution in [0.1, 0.15) is 22.5 Å². The molecule has 5 aromatic rings. The van der Waals surface area contributed by atoms with Crippen LogP contribution >= 0.6 is 0 Å². The topological polar surface area (TPSA) is 87.0 Å². The molecule has 5 nitrogen and oxygen atoms in total. The normalized spacial score (nSPS) is 13.4. The molecule has 0 atom stereocenters. The van der Waals surface area contributed by atoms with E-state index in [9.17, 15) is 0 Å². The average Bonchev–Trinajstić information content (AvgIpc) is 2.88. The van der Waals surface area contributed by atoms with E-state index in [2.05, 4.69) is 12.1 Å². The third-order valence-electron chi connectivity index (χ3n) is 6.29. The Labute approximate surface area is 197 Å². The second-order valence-electron chi connectivity index (χ2n) is 8.35. The van der Waals surface area contributed by atoms with Gasteiger partial charge in [0, 0.05) is 46.4 Å². The molecule has 0 unspecified atom stereocenters. The minimum absolute atomic E-state index is 0.618. The van der Waals surface area contributed by atoms with Gasteiger partial charge in [-0.2, -0.15) is 0 Å². The zero-order chi connectivity index (χ0) is 23.1. The molecular formula is C29H22N4O. The lowest BCUT2D eigenvalue weighted by Gasteiger charge is -2.40. The van der Waals surface area contributed by atoms with Gasteiger partial charge in [0.25, 0.3) is 0 Å². The number of nitrogens with zero attached hydrogens (tertiary/aromatic N) is 2. The molecule has 0 spiro atoms. The highest BCUT2D eigenvalue weighted by atomic mass is 16.5. The molecule has 1 aliphatic heterocycles. The maximum Gasteiger partial charge on any atom is 0.134 e. The Morgan fingerprint density at radius 1 is 0.618 bits per heavy atom. The molecule has 0 amide bonds. The van der Waals surface area contributed by atoms with E-state index in [-0.39, 0.29) is 0 Å². The first-order chi connectivity index (χ1) is 16.7. The first kappa shape index (κ1) is 20.0. The Hall–Kier alpha value is -4.64. The van der Waals surface area contributed by atoms with Crippen LogP contribution in [0.25, 0.3) is 11.3 Å². The molecule has 2 aromatic heterocycles. The lowest BCUT2D eigenvalue weighted by Crippen LogP contribution is -2.36. The Morgan fingerprint density at radius 3 is 1.91 bits per heavy atom. The summed E-state index contributed by atoms with van der Waals surface area (Å²) in [6.45, 7) is 0. The highest BCUT2D eigenvalue weighted by molar-refractivity contribution is 5.71. The fourth-order valence-electron chi connectivity index (χ4n) is 4.81. The number of rotatable bonds is 3. The lowest BCUT2D eigenvalue weighted by molar-refractivity contribution is 0.430. The van der Waals surface area contributed by atoms with E-state index in [1.807, 2.05) is 97.2 Å². The van der Waals surface area contributed by atoms with Gasteiger partial charge < -0.3 is 16.2 Å². The Balaban J connectivity index is 1.73. The van der Waals surface area contributed by atoms with E-state index >= 15 is 0 Å². The molecule has 5 heteroatoms. The van der Waals surface area contributed by atoms with Gasteiger partial charge in [-0.15, -0.1) is 0 Å². The molecule has 6 rings (SSSR count). The second kappa shape index (κ2) is 7.74. The van der Waals surface area contributed by atoms with Gasteiger partial charge in [-0.25, -0.2) is 0 Å². The number of aromatic nitrogens is 2. The zero-order valence-electron chi connectivity index (χ0n) is 18.3. The summed E-state index contributed by atoms with van der Waals surface area (Å²) >= 11 is 0. The number of fused-ring (bicyclic) bond motifs is 2. The molecule has 34 heavy (non-hydrogen) atoms. The predicted octanol–water partition coefficient (Wildman–Crippen LogP) is 5.80. The van der Waals surface area contributed by atoms with Crippen molar-refractivity contribution < 1.29 is 4.74 Å². The van der Waals surface area contributed by atoms with Crippen LogP contribution < -0.4 is 16.2 Å². The summed E-state index contributed by atoms with van der Waals surface area (Å²) in [5.74, 6) is 1.33. The van der Waals surface area contributed by atoms with Crippen LogP contribution in [0, 0.1) is 0 Å². The highest BCUT2D eigenvalue weighted by Crippen LogP contribution is 2.55. The highest BCUT2D eigenvalue weighted by Gasteiger charge is 2.47. The van der Waals surface area contributed by atoms with Crippen molar-refractivity contribution >= 4 is 11.4 Å². The van der Waals surface area contributed by atoms with Crippen molar-refractivity contribution in [1.29, 1.82) is 0 Å². The maximum absolute atomic E-state index is 6.34. The number of hydrogen-bond donors (Lipinski definition) is 2. The summed E-state index contributed by atoms with van der Waals surface area (Å²) in [5.41, 5.74) is 18.2. The third kappa shape index (κ3) is 3.02. The molecule has 0 fully saturated rings. The van der Waals surface area contributed by atoms with Crippen molar-refractivity contribution in [2.75, 3.05) is 11.5 Å². The summed E-state index contributed by atoms with van der Waals surface area (Å²) in [7, 11) is 0. The molecule has 4 N–H and O–H groups in total. The molecule has 164 valence electrons. The van der Waals surface area contributed by atoms with E-state index in [1.165, 1.54) is 0 Å². The van der Waals surface area contributed by atoms with Crippen LogP contribution in [0.3, 0.4) is 0 Å². The maximum atomic E-state index is 6.34. The van der Waals surface area contributed by atoms with Crippen molar-refractivity contribution in [3.63, 3.8) is 0 Å². The summed E-state index contributed by atoms with van der Waals surface area (Å²) < 4.78 is 6.34. The van der Waals surface area contributed by atoms with E-state index < -0.39 is 5.41 Å². The summed E-state index contributed by atoms with van der Waals surface area (Å²) in [5, 5.41) is 0. The fraction of sp³-hybridized carbons (Fsp3) is 0.0345. The van der Waals surface area contributed by atoms with Crippen molar-refractivity contribution in [1.82, 2.24) is 9.97 Å². The van der Waals surface area contributed by atoms with Crippen LogP contribution in [0.4, 0.5) is 11.4 Å².